The summed E-state index contributed by atoms with van der Waals surface area (Å²) in [4.78, 5) is 19.7. The van der Waals surface area contributed by atoms with E-state index >= 15 is 0 Å². The van der Waals surface area contributed by atoms with Crippen molar-refractivity contribution in [3.63, 3.8) is 0 Å². The third-order valence-corrected chi connectivity index (χ3v) is 6.85. The Hall–Kier alpha value is -4.49. The molecule has 1 aromatic heterocycles. The minimum Gasteiger partial charge on any atom is -0.506 e. The lowest BCUT2D eigenvalue weighted by Gasteiger charge is -2.16. The highest BCUT2D eigenvalue weighted by Gasteiger charge is 2.29. The molecule has 0 aliphatic carbocycles. The number of aliphatic hydroxyl groups is 2. The van der Waals surface area contributed by atoms with E-state index < -0.39 is 72.0 Å². The number of hydrogen-bond donors (Lipinski definition) is 4. The predicted octanol–water partition coefficient (Wildman–Crippen LogP) is 4.11. The summed E-state index contributed by atoms with van der Waals surface area (Å²) in [5, 5.41) is 20.9. The standard InChI is InChI=1S/C26H21F3N4O5S/c1-26(2,36)25(30)33-39(37,38)20-11-13(7-8-17(20)29)22(34)21(23(35)14-9-15(27)12-16(28)10-14)24-31-18-5-3-4-6-19(18)32-24/h3-12,35-36H,1-2H3,(H2,30,33)(H,31,32)/b23-21+. The fraction of sp³-hybridized carbons (Fsp3) is 0.115. The average molecular weight is 559 g/mol. The Morgan fingerprint density at radius 1 is 1.00 bits per heavy atom. The van der Waals surface area contributed by atoms with E-state index in [1.165, 1.54) is 13.8 Å². The maximum atomic E-state index is 14.6. The Bertz CT molecular complexity index is 1740. The number of allylic oxidation sites excluding steroid dienone is 1. The lowest BCUT2D eigenvalue weighted by Crippen LogP contribution is -2.38. The van der Waals surface area contributed by atoms with Gasteiger partial charge in [-0.15, -0.1) is 4.40 Å². The Labute approximate surface area is 220 Å². The molecule has 0 aliphatic heterocycles. The smallest absolute Gasteiger partial charge is 0.286 e. The first kappa shape index (κ1) is 27.5. The summed E-state index contributed by atoms with van der Waals surface area (Å²) >= 11 is 0. The molecule has 0 aliphatic rings. The number of amidine groups is 1. The normalized spacial score (nSPS) is 13.4. The highest BCUT2D eigenvalue weighted by atomic mass is 32.2. The lowest BCUT2D eigenvalue weighted by atomic mass is 9.98. The molecular formula is C26H21F3N4O5S. The monoisotopic (exact) mass is 558 g/mol. The maximum absolute atomic E-state index is 14.6. The fourth-order valence-corrected chi connectivity index (χ4v) is 4.68. The van der Waals surface area contributed by atoms with Crippen LogP contribution in [-0.2, 0) is 10.0 Å². The molecule has 0 radical (unpaired) electrons. The van der Waals surface area contributed by atoms with Crippen molar-refractivity contribution < 1.29 is 36.6 Å². The second kappa shape index (κ2) is 10.0. The molecule has 0 fully saturated rings. The lowest BCUT2D eigenvalue weighted by molar-refractivity contribution is 0.105. The van der Waals surface area contributed by atoms with Gasteiger partial charge in [0.05, 0.1) is 11.0 Å². The average Bonchev–Trinajstić information content (AvgIpc) is 3.26. The minimum atomic E-state index is -4.85. The number of ketones is 1. The number of nitrogens with zero attached hydrogens (tertiary/aromatic N) is 2. The zero-order valence-corrected chi connectivity index (χ0v) is 21.2. The number of aromatic nitrogens is 2. The number of benzene rings is 3. The topological polar surface area (TPSA) is 159 Å². The van der Waals surface area contributed by atoms with Crippen LogP contribution < -0.4 is 5.73 Å². The molecule has 5 N–H and O–H groups in total. The Morgan fingerprint density at radius 3 is 2.26 bits per heavy atom. The number of aliphatic hydroxyl groups excluding tert-OH is 1. The number of imidazole rings is 1. The maximum Gasteiger partial charge on any atom is 0.286 e. The number of nitrogens with two attached hydrogens (primary N) is 1. The second-order valence-corrected chi connectivity index (χ2v) is 10.5. The van der Waals surface area contributed by atoms with Crippen LogP contribution in [0.3, 0.4) is 0 Å². The van der Waals surface area contributed by atoms with Gasteiger partial charge in [0.2, 0.25) is 5.78 Å². The second-order valence-electron chi connectivity index (χ2n) is 8.97. The molecule has 0 unspecified atom stereocenters. The summed E-state index contributed by atoms with van der Waals surface area (Å²) in [7, 11) is -4.85. The summed E-state index contributed by atoms with van der Waals surface area (Å²) < 4.78 is 71.3. The molecule has 202 valence electrons. The molecule has 0 saturated heterocycles. The quantitative estimate of drug-likeness (QED) is 0.0874. The molecule has 1 heterocycles. The highest BCUT2D eigenvalue weighted by Crippen LogP contribution is 2.30. The van der Waals surface area contributed by atoms with Crippen LogP contribution in [0.25, 0.3) is 22.4 Å². The van der Waals surface area contributed by atoms with Gasteiger partial charge in [-0.3, -0.25) is 4.79 Å². The first-order chi connectivity index (χ1) is 18.2. The van der Waals surface area contributed by atoms with E-state index in [1.54, 1.807) is 24.3 Å². The van der Waals surface area contributed by atoms with Gasteiger partial charge in [-0.2, -0.15) is 8.42 Å². The largest absolute Gasteiger partial charge is 0.506 e. The first-order valence-electron chi connectivity index (χ1n) is 11.2. The first-order valence-corrected chi connectivity index (χ1v) is 12.6. The van der Waals surface area contributed by atoms with Gasteiger partial charge in [0.1, 0.15) is 50.9 Å². The number of nitrogens with one attached hydrogen (secondary N) is 1. The van der Waals surface area contributed by atoms with E-state index in [1.807, 2.05) is 0 Å². The van der Waals surface area contributed by atoms with Crippen molar-refractivity contribution in [3.8, 4) is 0 Å². The van der Waals surface area contributed by atoms with E-state index in [-0.39, 0.29) is 5.82 Å². The number of carbonyl (C=O) groups is 1. The van der Waals surface area contributed by atoms with Gasteiger partial charge in [-0.25, -0.2) is 18.2 Å². The molecule has 9 nitrogen and oxygen atoms in total. The van der Waals surface area contributed by atoms with Gasteiger partial charge in [-0.05, 0) is 56.3 Å². The number of para-hydroxylation sites is 2. The van der Waals surface area contributed by atoms with Crippen LogP contribution in [0, 0.1) is 17.5 Å². The van der Waals surface area contributed by atoms with Gasteiger partial charge in [0.25, 0.3) is 10.0 Å². The summed E-state index contributed by atoms with van der Waals surface area (Å²) in [6.45, 7) is 2.33. The van der Waals surface area contributed by atoms with Crippen molar-refractivity contribution in [2.75, 3.05) is 0 Å². The Morgan fingerprint density at radius 2 is 1.64 bits per heavy atom. The van der Waals surface area contributed by atoms with Crippen molar-refractivity contribution >= 4 is 44.0 Å². The fourth-order valence-electron chi connectivity index (χ4n) is 3.51. The molecule has 0 amide bonds. The zero-order chi connectivity index (χ0) is 28.7. The number of fused-ring (bicyclic) bond motifs is 1. The minimum absolute atomic E-state index is 0.207. The summed E-state index contributed by atoms with van der Waals surface area (Å²) in [5.41, 5.74) is 3.09. The van der Waals surface area contributed by atoms with Crippen LogP contribution >= 0.6 is 0 Å². The van der Waals surface area contributed by atoms with Crippen LogP contribution in [-0.4, -0.2) is 45.8 Å². The number of hydrogen-bond acceptors (Lipinski definition) is 6. The summed E-state index contributed by atoms with van der Waals surface area (Å²) in [6, 6.07) is 11.0. The number of carbonyl (C=O) groups excluding carboxylic acids is 1. The molecule has 0 saturated carbocycles. The number of Topliss-reactive ketones (excluding diaryl/α,β-unsaturated/α-hetero) is 1. The number of sulfonamides is 1. The third-order valence-electron chi connectivity index (χ3n) is 5.54. The molecule has 4 rings (SSSR count). The van der Waals surface area contributed by atoms with Crippen molar-refractivity contribution in [2.45, 2.75) is 24.3 Å². The molecule has 4 aromatic rings. The van der Waals surface area contributed by atoms with Crippen LogP contribution in [0.1, 0.15) is 35.6 Å². The van der Waals surface area contributed by atoms with Crippen LogP contribution in [0.5, 0.6) is 0 Å². The summed E-state index contributed by atoms with van der Waals surface area (Å²) in [5.74, 6) is -6.23. The Kier molecular flexibility index (Phi) is 7.06. The molecule has 0 bridgehead atoms. The van der Waals surface area contributed by atoms with E-state index in [2.05, 4.69) is 14.4 Å². The number of rotatable bonds is 7. The number of H-pyrrole nitrogens is 1. The van der Waals surface area contributed by atoms with E-state index in [9.17, 15) is 36.6 Å². The molecule has 0 spiro atoms. The summed E-state index contributed by atoms with van der Waals surface area (Å²) in [6.07, 6.45) is 0. The zero-order valence-electron chi connectivity index (χ0n) is 20.4. The van der Waals surface area contributed by atoms with Crippen LogP contribution in [0.4, 0.5) is 13.2 Å². The van der Waals surface area contributed by atoms with Crippen LogP contribution in [0.2, 0.25) is 0 Å². The van der Waals surface area contributed by atoms with Crippen molar-refractivity contribution in [2.24, 2.45) is 10.1 Å². The van der Waals surface area contributed by atoms with Crippen molar-refractivity contribution in [3.05, 3.63) is 95.1 Å². The molecule has 0 atom stereocenters. The van der Waals surface area contributed by atoms with Gasteiger partial charge >= 0.3 is 0 Å². The van der Waals surface area contributed by atoms with Gasteiger partial charge < -0.3 is 20.9 Å². The highest BCUT2D eigenvalue weighted by molar-refractivity contribution is 7.90. The van der Waals surface area contributed by atoms with E-state index in [0.717, 1.165) is 18.2 Å². The van der Waals surface area contributed by atoms with Crippen LogP contribution in [0.15, 0.2) is 70.0 Å². The Balaban J connectivity index is 1.93. The van der Waals surface area contributed by atoms with E-state index in [4.69, 9.17) is 5.73 Å². The molecule has 39 heavy (non-hydrogen) atoms. The van der Waals surface area contributed by atoms with Crippen molar-refractivity contribution in [1.82, 2.24) is 9.97 Å². The van der Waals surface area contributed by atoms with Gasteiger partial charge in [0, 0.05) is 17.2 Å². The third kappa shape index (κ3) is 5.68. The molecular weight excluding hydrogens is 537 g/mol. The molecule has 13 heteroatoms. The van der Waals surface area contributed by atoms with E-state index in [0.29, 0.717) is 29.2 Å². The number of halogens is 3. The van der Waals surface area contributed by atoms with Gasteiger partial charge in [0.15, 0.2) is 0 Å². The predicted molar refractivity (Wildman–Crippen MR) is 138 cm³/mol. The number of aromatic amines is 1. The molecule has 3 aromatic carbocycles. The van der Waals surface area contributed by atoms with Gasteiger partial charge in [-0.1, -0.05) is 12.1 Å². The van der Waals surface area contributed by atoms with Crippen molar-refractivity contribution in [1.29, 1.82) is 0 Å². The SMILES string of the molecule is CC(C)(O)/C(N)=N/S(=O)(=O)c1cc(C(=O)/C(=C(\O)c2cc(F)cc(F)c2)c2nc3ccccc3[nH]2)ccc1F.